The van der Waals surface area contributed by atoms with Gasteiger partial charge in [0.2, 0.25) is 5.78 Å². The predicted octanol–water partition coefficient (Wildman–Crippen LogP) is 2.85. The number of carbonyl (C=O) groups is 1. The van der Waals surface area contributed by atoms with Crippen LogP contribution in [0.5, 0.6) is 0 Å². The molecule has 0 fully saturated rings. The Morgan fingerprint density at radius 1 is 0.944 bits per heavy atom. The third-order valence-electron chi connectivity index (χ3n) is 3.26. The van der Waals surface area contributed by atoms with Crippen LogP contribution in [-0.2, 0) is 0 Å². The van der Waals surface area contributed by atoms with E-state index in [1.54, 1.807) is 6.07 Å². The number of carbonyl (C=O) groups excluding carboxylic acids is 1. The molecule has 3 rings (SSSR count). The van der Waals surface area contributed by atoms with E-state index in [1.807, 2.05) is 48.5 Å². The third-order valence-corrected chi connectivity index (χ3v) is 3.26. The van der Waals surface area contributed by atoms with Crippen LogP contribution in [0.1, 0.15) is 27.4 Å². The van der Waals surface area contributed by atoms with Gasteiger partial charge in [-0.3, -0.25) is 4.79 Å². The van der Waals surface area contributed by atoms with Crippen LogP contribution < -0.4 is 0 Å². The highest BCUT2D eigenvalue weighted by atomic mass is 16.4. The van der Waals surface area contributed by atoms with Crippen LogP contribution in [0, 0.1) is 0 Å². The molecule has 1 unspecified atom stereocenters. The van der Waals surface area contributed by atoms with Crippen LogP contribution in [-0.4, -0.2) is 16.7 Å². The number of fused-ring (bicyclic) bond motifs is 1. The first-order valence-electron chi connectivity index (χ1n) is 5.73. The Morgan fingerprint density at radius 3 is 2.33 bits per heavy atom. The van der Waals surface area contributed by atoms with Gasteiger partial charge in [-0.15, -0.1) is 0 Å². The Kier molecular flexibility index (Phi) is 2.45. The van der Waals surface area contributed by atoms with E-state index in [1.165, 1.54) is 0 Å². The number of hydrogen-bond donors (Lipinski definition) is 1. The van der Waals surface area contributed by atoms with E-state index in [0.29, 0.717) is 5.56 Å². The normalized spacial score (nSPS) is 20.1. The molecule has 0 amide bonds. The Bertz CT molecular complexity index is 632. The number of ketones is 1. The zero-order chi connectivity index (χ0) is 12.5. The molecule has 2 aromatic rings. The van der Waals surface area contributed by atoms with Crippen LogP contribution in [0.25, 0.3) is 0 Å². The van der Waals surface area contributed by atoms with E-state index in [0.717, 1.165) is 11.1 Å². The van der Waals surface area contributed by atoms with Crippen molar-refractivity contribution in [1.82, 2.24) is 0 Å². The Labute approximate surface area is 104 Å². The van der Waals surface area contributed by atoms with Crippen molar-refractivity contribution < 1.29 is 10.0 Å². The lowest BCUT2D eigenvalue weighted by atomic mass is 9.92. The van der Waals surface area contributed by atoms with Gasteiger partial charge in [-0.1, -0.05) is 59.8 Å². The zero-order valence-corrected chi connectivity index (χ0v) is 9.58. The summed E-state index contributed by atoms with van der Waals surface area (Å²) in [5, 5.41) is 12.3. The first kappa shape index (κ1) is 10.7. The van der Waals surface area contributed by atoms with Gasteiger partial charge in [0.1, 0.15) is 5.71 Å². The van der Waals surface area contributed by atoms with Gasteiger partial charge in [0.05, 0.1) is 5.92 Å². The Balaban J connectivity index is 2.22. The van der Waals surface area contributed by atoms with Gasteiger partial charge >= 0.3 is 0 Å². The lowest BCUT2D eigenvalue weighted by molar-refractivity contribution is 0.106. The second kappa shape index (κ2) is 4.11. The molecule has 1 atom stereocenters. The first-order chi connectivity index (χ1) is 8.83. The molecular formula is C15H11NO2. The summed E-state index contributed by atoms with van der Waals surface area (Å²) < 4.78 is 0. The van der Waals surface area contributed by atoms with Crippen LogP contribution in [0.15, 0.2) is 59.8 Å². The number of nitrogens with zero attached hydrogens (tertiary/aromatic N) is 1. The molecule has 3 nitrogen and oxygen atoms in total. The molecule has 3 heteroatoms. The summed E-state index contributed by atoms with van der Waals surface area (Å²) in [5.74, 6) is -0.457. The summed E-state index contributed by atoms with van der Waals surface area (Å²) in [6, 6.07) is 17.0. The number of Topliss-reactive ketones (excluding diaryl/α,β-unsaturated/α-hetero) is 1. The average Bonchev–Trinajstić information content (AvgIpc) is 2.73. The zero-order valence-electron chi connectivity index (χ0n) is 9.58. The van der Waals surface area contributed by atoms with Gasteiger partial charge in [-0.05, 0) is 11.1 Å². The fraction of sp³-hybridized carbons (Fsp3) is 0.0667. The molecule has 0 aliphatic heterocycles. The van der Waals surface area contributed by atoms with Gasteiger partial charge in [-0.25, -0.2) is 0 Å². The molecule has 0 aromatic heterocycles. The number of oxime groups is 1. The number of benzene rings is 2. The fourth-order valence-corrected chi connectivity index (χ4v) is 2.46. The maximum Gasteiger partial charge on any atom is 0.211 e. The maximum atomic E-state index is 12.1. The topological polar surface area (TPSA) is 49.7 Å². The van der Waals surface area contributed by atoms with Crippen molar-refractivity contribution in [2.24, 2.45) is 5.16 Å². The molecule has 1 N–H and O–H groups in total. The van der Waals surface area contributed by atoms with Crippen LogP contribution in [0.2, 0.25) is 0 Å². The molecule has 1 aliphatic rings. The minimum atomic E-state index is -0.264. The van der Waals surface area contributed by atoms with E-state index in [2.05, 4.69) is 5.16 Å². The van der Waals surface area contributed by atoms with Gasteiger partial charge in [-0.2, -0.15) is 0 Å². The quantitative estimate of drug-likeness (QED) is 0.612. The van der Waals surface area contributed by atoms with Crippen molar-refractivity contribution in [1.29, 1.82) is 0 Å². The lowest BCUT2D eigenvalue weighted by Gasteiger charge is -2.10. The second-order valence-electron chi connectivity index (χ2n) is 4.25. The van der Waals surface area contributed by atoms with E-state index in [4.69, 9.17) is 5.21 Å². The molecular weight excluding hydrogens is 226 g/mol. The lowest BCUT2D eigenvalue weighted by Crippen LogP contribution is -2.14. The van der Waals surface area contributed by atoms with Crippen molar-refractivity contribution in [3.8, 4) is 0 Å². The highest BCUT2D eigenvalue weighted by molar-refractivity contribution is 6.51. The largest absolute Gasteiger partial charge is 0.411 e. The molecule has 0 saturated heterocycles. The van der Waals surface area contributed by atoms with Crippen molar-refractivity contribution in [3.63, 3.8) is 0 Å². The fourth-order valence-electron chi connectivity index (χ4n) is 2.46. The molecule has 0 radical (unpaired) electrons. The summed E-state index contributed by atoms with van der Waals surface area (Å²) in [4.78, 5) is 12.1. The van der Waals surface area contributed by atoms with E-state index in [9.17, 15) is 4.79 Å². The Hall–Kier alpha value is -2.42. The highest BCUT2D eigenvalue weighted by Gasteiger charge is 2.37. The van der Waals surface area contributed by atoms with Gasteiger partial charge < -0.3 is 5.21 Å². The van der Waals surface area contributed by atoms with E-state index < -0.39 is 0 Å². The number of hydrogen-bond acceptors (Lipinski definition) is 3. The minimum absolute atomic E-state index is 0.193. The molecule has 0 bridgehead atoms. The monoisotopic (exact) mass is 237 g/mol. The van der Waals surface area contributed by atoms with Crippen LogP contribution in [0.3, 0.4) is 0 Å². The maximum absolute atomic E-state index is 12.1. The van der Waals surface area contributed by atoms with Gasteiger partial charge in [0.25, 0.3) is 0 Å². The first-order valence-corrected chi connectivity index (χ1v) is 5.73. The third kappa shape index (κ3) is 1.44. The predicted molar refractivity (Wildman–Crippen MR) is 68.3 cm³/mol. The van der Waals surface area contributed by atoms with Crippen LogP contribution in [0.4, 0.5) is 0 Å². The average molecular weight is 237 g/mol. The standard InChI is InChI=1S/C15H11NO2/c17-15-12-9-5-4-8-11(12)13(14(15)16-18)10-6-2-1-3-7-10/h1-9,13,18H/b16-14-. The van der Waals surface area contributed by atoms with Crippen molar-refractivity contribution in [3.05, 3.63) is 71.3 Å². The molecule has 88 valence electrons. The molecule has 0 saturated carbocycles. The second-order valence-corrected chi connectivity index (χ2v) is 4.25. The smallest absolute Gasteiger partial charge is 0.211 e. The van der Waals surface area contributed by atoms with Gasteiger partial charge in [0, 0.05) is 5.56 Å². The minimum Gasteiger partial charge on any atom is -0.411 e. The Morgan fingerprint density at radius 2 is 1.61 bits per heavy atom. The molecule has 2 aromatic carbocycles. The summed E-state index contributed by atoms with van der Waals surface area (Å²) in [7, 11) is 0. The molecule has 0 heterocycles. The van der Waals surface area contributed by atoms with Crippen molar-refractivity contribution in [2.45, 2.75) is 5.92 Å². The van der Waals surface area contributed by atoms with E-state index >= 15 is 0 Å². The SMILES string of the molecule is O=C1/C(=N\O)C(c2ccccc2)c2ccccc21. The highest BCUT2D eigenvalue weighted by Crippen LogP contribution is 2.35. The van der Waals surface area contributed by atoms with Crippen molar-refractivity contribution in [2.75, 3.05) is 0 Å². The number of rotatable bonds is 1. The summed E-state index contributed by atoms with van der Waals surface area (Å²) >= 11 is 0. The van der Waals surface area contributed by atoms with E-state index in [-0.39, 0.29) is 17.4 Å². The van der Waals surface area contributed by atoms with Crippen LogP contribution >= 0.6 is 0 Å². The summed E-state index contributed by atoms with van der Waals surface area (Å²) in [6.45, 7) is 0. The molecule has 0 spiro atoms. The summed E-state index contributed by atoms with van der Waals surface area (Å²) in [5.41, 5.74) is 2.69. The summed E-state index contributed by atoms with van der Waals surface area (Å²) in [6.07, 6.45) is 0. The molecule has 1 aliphatic carbocycles. The van der Waals surface area contributed by atoms with Gasteiger partial charge in [0.15, 0.2) is 0 Å². The molecule has 18 heavy (non-hydrogen) atoms. The van der Waals surface area contributed by atoms with Crippen molar-refractivity contribution >= 4 is 11.5 Å².